The van der Waals surface area contributed by atoms with Gasteiger partial charge < -0.3 is 9.64 Å². The van der Waals surface area contributed by atoms with Gasteiger partial charge in [0.15, 0.2) is 6.61 Å². The molecule has 8 nitrogen and oxygen atoms in total. The van der Waals surface area contributed by atoms with E-state index in [0.717, 1.165) is 11.3 Å². The van der Waals surface area contributed by atoms with Gasteiger partial charge in [-0.25, -0.2) is 0 Å². The zero-order valence-corrected chi connectivity index (χ0v) is 15.9. The number of carbonyl (C=O) groups is 4. The highest BCUT2D eigenvalue weighted by atomic mass is 16.5. The second kappa shape index (κ2) is 9.01. The fraction of sp³-hybridized carbons (Fsp3) is 0.238. The molecule has 2 N–H and O–H groups in total. The second-order valence-electron chi connectivity index (χ2n) is 6.72. The molecule has 0 aromatic heterocycles. The van der Waals surface area contributed by atoms with Crippen LogP contribution >= 0.6 is 0 Å². The molecule has 1 aliphatic heterocycles. The van der Waals surface area contributed by atoms with Crippen molar-refractivity contribution in [3.63, 3.8) is 0 Å². The van der Waals surface area contributed by atoms with Crippen LogP contribution in [0.5, 0.6) is 0 Å². The van der Waals surface area contributed by atoms with Gasteiger partial charge in [0.25, 0.3) is 11.8 Å². The average Bonchev–Trinajstić information content (AvgIpc) is 3.13. The summed E-state index contributed by atoms with van der Waals surface area (Å²) in [5.41, 5.74) is 6.59. The maximum atomic E-state index is 12.2. The van der Waals surface area contributed by atoms with Gasteiger partial charge >= 0.3 is 5.97 Å². The van der Waals surface area contributed by atoms with Crippen LogP contribution in [0.25, 0.3) is 0 Å². The third-order valence-electron chi connectivity index (χ3n) is 4.50. The monoisotopic (exact) mass is 395 g/mol. The zero-order valence-electron chi connectivity index (χ0n) is 15.9. The van der Waals surface area contributed by atoms with E-state index in [9.17, 15) is 19.2 Å². The van der Waals surface area contributed by atoms with Crippen LogP contribution in [0.15, 0.2) is 54.6 Å². The van der Waals surface area contributed by atoms with Gasteiger partial charge in [0.05, 0.1) is 5.92 Å². The smallest absolute Gasteiger partial charge is 0.311 e. The van der Waals surface area contributed by atoms with Crippen LogP contribution in [0.3, 0.4) is 0 Å². The summed E-state index contributed by atoms with van der Waals surface area (Å²) in [5.74, 6) is -2.61. The number of hydrogen-bond donors (Lipinski definition) is 2. The highest BCUT2D eigenvalue weighted by Crippen LogP contribution is 2.26. The van der Waals surface area contributed by atoms with Crippen molar-refractivity contribution in [1.82, 2.24) is 10.9 Å². The van der Waals surface area contributed by atoms with Crippen LogP contribution in [0.2, 0.25) is 0 Å². The summed E-state index contributed by atoms with van der Waals surface area (Å²) in [4.78, 5) is 49.6. The molecule has 29 heavy (non-hydrogen) atoms. The molecular weight excluding hydrogens is 374 g/mol. The van der Waals surface area contributed by atoms with E-state index in [0.29, 0.717) is 5.56 Å². The van der Waals surface area contributed by atoms with Crippen molar-refractivity contribution >= 4 is 29.4 Å². The highest BCUT2D eigenvalue weighted by molar-refractivity contribution is 5.99. The van der Waals surface area contributed by atoms with Crippen LogP contribution in [0, 0.1) is 12.8 Å². The van der Waals surface area contributed by atoms with Crippen molar-refractivity contribution in [3.05, 3.63) is 65.7 Å². The predicted octanol–water partition coefficient (Wildman–Crippen LogP) is 1.35. The number of ether oxygens (including phenoxy) is 1. The molecule has 2 aromatic rings. The second-order valence-corrected chi connectivity index (χ2v) is 6.72. The summed E-state index contributed by atoms with van der Waals surface area (Å²) in [6.45, 7) is 1.60. The fourth-order valence-electron chi connectivity index (χ4n) is 2.92. The quantitative estimate of drug-likeness (QED) is 0.587. The van der Waals surface area contributed by atoms with Crippen molar-refractivity contribution in [3.8, 4) is 0 Å². The zero-order chi connectivity index (χ0) is 20.8. The Bertz CT molecular complexity index is 912. The highest BCUT2D eigenvalue weighted by Gasteiger charge is 2.36. The van der Waals surface area contributed by atoms with E-state index in [4.69, 9.17) is 4.74 Å². The summed E-state index contributed by atoms with van der Waals surface area (Å²) >= 11 is 0. The number of hydrazine groups is 1. The number of aryl methyl sites for hydroxylation is 1. The Morgan fingerprint density at radius 1 is 1.03 bits per heavy atom. The summed E-state index contributed by atoms with van der Waals surface area (Å²) in [6, 6.07) is 15.8. The summed E-state index contributed by atoms with van der Waals surface area (Å²) < 4.78 is 5.00. The maximum Gasteiger partial charge on any atom is 0.311 e. The Balaban J connectivity index is 1.44. The minimum Gasteiger partial charge on any atom is -0.455 e. The largest absolute Gasteiger partial charge is 0.455 e. The Morgan fingerprint density at radius 3 is 2.41 bits per heavy atom. The molecule has 1 heterocycles. The minimum absolute atomic E-state index is 0.0269. The van der Waals surface area contributed by atoms with Crippen LogP contribution in [-0.4, -0.2) is 36.8 Å². The summed E-state index contributed by atoms with van der Waals surface area (Å²) in [5, 5.41) is 0. The van der Waals surface area contributed by atoms with Gasteiger partial charge in [0, 0.05) is 24.2 Å². The van der Waals surface area contributed by atoms with Crippen LogP contribution in [0.4, 0.5) is 5.69 Å². The van der Waals surface area contributed by atoms with Gasteiger partial charge in [-0.1, -0.05) is 35.9 Å². The lowest BCUT2D eigenvalue weighted by molar-refractivity contribution is -0.152. The number of nitrogens with zero attached hydrogens (tertiary/aromatic N) is 1. The van der Waals surface area contributed by atoms with Crippen LogP contribution in [-0.2, 0) is 19.1 Å². The molecule has 1 fully saturated rings. The first-order valence-electron chi connectivity index (χ1n) is 9.12. The van der Waals surface area contributed by atoms with E-state index in [2.05, 4.69) is 10.9 Å². The number of nitrogens with one attached hydrogen (secondary N) is 2. The Hall–Kier alpha value is -3.68. The van der Waals surface area contributed by atoms with Crippen molar-refractivity contribution in [1.29, 1.82) is 0 Å². The molecule has 1 saturated heterocycles. The molecule has 2 aromatic carbocycles. The van der Waals surface area contributed by atoms with Gasteiger partial charge in [-0.3, -0.25) is 30.0 Å². The third kappa shape index (κ3) is 5.19. The molecule has 1 aliphatic rings. The molecule has 0 aliphatic carbocycles. The topological polar surface area (TPSA) is 105 Å². The molecular formula is C21H21N3O5. The first-order valence-corrected chi connectivity index (χ1v) is 9.12. The van der Waals surface area contributed by atoms with Crippen LogP contribution in [0.1, 0.15) is 22.3 Å². The average molecular weight is 395 g/mol. The Kier molecular flexibility index (Phi) is 6.23. The number of rotatable bonds is 5. The van der Waals surface area contributed by atoms with Gasteiger partial charge in [-0.15, -0.1) is 0 Å². The lowest BCUT2D eigenvalue weighted by Crippen LogP contribution is -2.43. The van der Waals surface area contributed by atoms with E-state index < -0.39 is 30.3 Å². The van der Waals surface area contributed by atoms with Gasteiger partial charge in [0.2, 0.25) is 5.91 Å². The van der Waals surface area contributed by atoms with Crippen molar-refractivity contribution in [2.24, 2.45) is 5.92 Å². The lowest BCUT2D eigenvalue weighted by Gasteiger charge is -2.16. The van der Waals surface area contributed by atoms with E-state index in [1.54, 1.807) is 30.3 Å². The van der Waals surface area contributed by atoms with Crippen molar-refractivity contribution in [2.75, 3.05) is 18.1 Å². The number of amides is 3. The first kappa shape index (κ1) is 20.1. The van der Waals surface area contributed by atoms with Crippen molar-refractivity contribution in [2.45, 2.75) is 13.3 Å². The maximum absolute atomic E-state index is 12.2. The number of benzene rings is 2. The van der Waals surface area contributed by atoms with E-state index in [1.807, 2.05) is 31.2 Å². The summed E-state index contributed by atoms with van der Waals surface area (Å²) in [7, 11) is 0. The minimum atomic E-state index is -0.678. The molecule has 0 bridgehead atoms. The molecule has 8 heteroatoms. The van der Waals surface area contributed by atoms with Crippen LogP contribution < -0.4 is 15.8 Å². The normalized spacial score (nSPS) is 15.7. The fourth-order valence-corrected chi connectivity index (χ4v) is 2.92. The van der Waals surface area contributed by atoms with E-state index in [1.165, 1.54) is 4.90 Å². The molecule has 0 saturated carbocycles. The standard InChI is InChI=1S/C21H21N3O5/c1-14-7-9-17(10-8-14)24-12-16(11-19(24)26)21(28)29-13-18(25)22-23-20(27)15-5-3-2-4-6-15/h2-10,16H,11-13H2,1H3,(H,22,25)(H,23,27)/t16-/m0/s1. The molecule has 0 unspecified atom stereocenters. The van der Waals surface area contributed by atoms with E-state index in [-0.39, 0.29) is 18.9 Å². The molecule has 0 radical (unpaired) electrons. The predicted molar refractivity (Wildman–Crippen MR) is 105 cm³/mol. The number of esters is 1. The molecule has 1 atom stereocenters. The summed E-state index contributed by atoms with van der Waals surface area (Å²) in [6.07, 6.45) is 0.0269. The van der Waals surface area contributed by atoms with Gasteiger partial charge in [-0.05, 0) is 31.2 Å². The SMILES string of the molecule is Cc1ccc(N2C[C@@H](C(=O)OCC(=O)NNC(=O)c3ccccc3)CC2=O)cc1. The number of anilines is 1. The molecule has 3 amide bonds. The number of hydrogen-bond acceptors (Lipinski definition) is 5. The Morgan fingerprint density at radius 2 is 1.72 bits per heavy atom. The van der Waals surface area contributed by atoms with E-state index >= 15 is 0 Å². The first-order chi connectivity index (χ1) is 13.9. The third-order valence-corrected chi connectivity index (χ3v) is 4.50. The van der Waals surface area contributed by atoms with Gasteiger partial charge in [0.1, 0.15) is 0 Å². The number of carbonyl (C=O) groups excluding carboxylic acids is 4. The molecule has 3 rings (SSSR count). The molecule has 150 valence electrons. The van der Waals surface area contributed by atoms with Gasteiger partial charge in [-0.2, -0.15) is 0 Å². The lowest BCUT2D eigenvalue weighted by atomic mass is 10.1. The Labute approximate surface area is 167 Å². The van der Waals surface area contributed by atoms with Crippen molar-refractivity contribution < 1.29 is 23.9 Å². The molecule has 0 spiro atoms.